The molecule has 5 nitrogen and oxygen atoms in total. The fourth-order valence-electron chi connectivity index (χ4n) is 2.64. The first-order valence-electron chi connectivity index (χ1n) is 7.01. The lowest BCUT2D eigenvalue weighted by atomic mass is 10.1. The van der Waals surface area contributed by atoms with Crippen molar-refractivity contribution >= 4 is 11.8 Å². The van der Waals surface area contributed by atoms with E-state index >= 15 is 0 Å². The van der Waals surface area contributed by atoms with Crippen molar-refractivity contribution in [1.82, 2.24) is 14.9 Å². The second-order valence-corrected chi connectivity index (χ2v) is 6.21. The molecule has 2 aromatic rings. The van der Waals surface area contributed by atoms with Crippen LogP contribution in [0, 0.1) is 13.8 Å². The van der Waals surface area contributed by atoms with Crippen LogP contribution in [0.25, 0.3) is 0 Å². The van der Waals surface area contributed by atoms with Crippen LogP contribution >= 0.6 is 11.8 Å². The van der Waals surface area contributed by atoms with Gasteiger partial charge in [-0.1, -0.05) is 11.8 Å². The van der Waals surface area contributed by atoms with E-state index in [4.69, 9.17) is 4.42 Å². The highest BCUT2D eigenvalue weighted by molar-refractivity contribution is 7.98. The van der Waals surface area contributed by atoms with Crippen LogP contribution in [0.3, 0.4) is 0 Å². The van der Waals surface area contributed by atoms with E-state index in [9.17, 15) is 4.79 Å². The summed E-state index contributed by atoms with van der Waals surface area (Å²) in [6.45, 7) is 6.29. The van der Waals surface area contributed by atoms with Crippen LogP contribution in [0.1, 0.15) is 28.3 Å². The first kappa shape index (κ1) is 14.4. The Kier molecular flexibility index (Phi) is 3.91. The number of furan rings is 1. The van der Waals surface area contributed by atoms with Crippen molar-refractivity contribution in [2.75, 3.05) is 12.8 Å². The van der Waals surface area contributed by atoms with Gasteiger partial charge in [0.2, 0.25) is 0 Å². The smallest absolute Gasteiger partial charge is 0.256 e. The highest BCUT2D eigenvalue weighted by Crippen LogP contribution is 2.20. The molecule has 2 aromatic heterocycles. The number of aromatic nitrogens is 2. The molecule has 0 radical (unpaired) electrons. The van der Waals surface area contributed by atoms with E-state index in [-0.39, 0.29) is 5.56 Å². The monoisotopic (exact) mass is 305 g/mol. The summed E-state index contributed by atoms with van der Waals surface area (Å²) in [6.07, 6.45) is 2.73. The van der Waals surface area contributed by atoms with Gasteiger partial charge in [0.25, 0.3) is 5.56 Å². The number of thioether (sulfide) groups is 1. The van der Waals surface area contributed by atoms with Gasteiger partial charge in [-0.05, 0) is 31.7 Å². The number of H-pyrrole nitrogens is 1. The number of fused-ring (bicyclic) bond motifs is 1. The van der Waals surface area contributed by atoms with E-state index in [1.54, 1.807) is 0 Å². The third kappa shape index (κ3) is 2.91. The lowest BCUT2D eigenvalue weighted by Gasteiger charge is -2.26. The number of aryl methyl sites for hydroxylation is 2. The molecule has 1 N–H and O–H groups in total. The summed E-state index contributed by atoms with van der Waals surface area (Å²) in [5, 5.41) is 0.699. The number of nitrogens with zero attached hydrogens (tertiary/aromatic N) is 2. The number of nitrogens with one attached hydrogen (secondary N) is 1. The Morgan fingerprint density at radius 3 is 2.95 bits per heavy atom. The fraction of sp³-hybridized carbons (Fsp3) is 0.467. The van der Waals surface area contributed by atoms with Crippen molar-refractivity contribution < 1.29 is 4.42 Å². The maximum Gasteiger partial charge on any atom is 0.256 e. The summed E-state index contributed by atoms with van der Waals surface area (Å²) in [7, 11) is 0. The predicted octanol–water partition coefficient (Wildman–Crippen LogP) is 2.26. The molecule has 6 heteroatoms. The van der Waals surface area contributed by atoms with Gasteiger partial charge in [0, 0.05) is 19.5 Å². The van der Waals surface area contributed by atoms with Gasteiger partial charge >= 0.3 is 0 Å². The van der Waals surface area contributed by atoms with Crippen molar-refractivity contribution in [1.29, 1.82) is 0 Å². The lowest BCUT2D eigenvalue weighted by molar-refractivity contribution is 0.220. The molecular formula is C15H19N3O2S. The van der Waals surface area contributed by atoms with Gasteiger partial charge in [-0.15, -0.1) is 0 Å². The minimum Gasteiger partial charge on any atom is -0.465 e. The van der Waals surface area contributed by atoms with Crippen LogP contribution in [0.2, 0.25) is 0 Å². The van der Waals surface area contributed by atoms with Crippen molar-refractivity contribution in [2.24, 2.45) is 0 Å². The Labute approximate surface area is 127 Å². The molecule has 21 heavy (non-hydrogen) atoms. The van der Waals surface area contributed by atoms with Crippen molar-refractivity contribution in [2.45, 2.75) is 38.5 Å². The van der Waals surface area contributed by atoms with E-state index < -0.39 is 0 Å². The minimum absolute atomic E-state index is 0.0131. The summed E-state index contributed by atoms with van der Waals surface area (Å²) in [5.41, 5.74) is 2.89. The van der Waals surface area contributed by atoms with Crippen molar-refractivity contribution in [3.63, 3.8) is 0 Å². The van der Waals surface area contributed by atoms with Crippen LogP contribution in [0.5, 0.6) is 0 Å². The Bertz CT molecular complexity index is 701. The molecule has 0 saturated heterocycles. The SMILES string of the molecule is CSc1nc2c(c(=O)[nH]1)CN(Cc1cc(C)c(C)o1)CC2. The molecule has 0 atom stereocenters. The van der Waals surface area contributed by atoms with E-state index in [1.165, 1.54) is 17.3 Å². The topological polar surface area (TPSA) is 62.1 Å². The zero-order valence-electron chi connectivity index (χ0n) is 12.5. The number of rotatable bonds is 3. The Morgan fingerprint density at radius 1 is 1.48 bits per heavy atom. The number of aromatic amines is 1. The standard InChI is InChI=1S/C15H19N3O2S/c1-9-6-11(20-10(9)2)7-18-5-4-13-12(8-18)14(19)17-15(16-13)21-3/h6H,4-5,7-8H2,1-3H3,(H,16,17,19). The summed E-state index contributed by atoms with van der Waals surface area (Å²) < 4.78 is 5.73. The first-order chi connectivity index (χ1) is 10.1. The molecule has 0 aliphatic carbocycles. The van der Waals surface area contributed by atoms with Crippen LogP contribution in [0.4, 0.5) is 0 Å². The van der Waals surface area contributed by atoms with Crippen LogP contribution in [-0.2, 0) is 19.5 Å². The van der Waals surface area contributed by atoms with Gasteiger partial charge in [0.05, 0.1) is 17.8 Å². The molecule has 1 aliphatic heterocycles. The maximum absolute atomic E-state index is 12.1. The summed E-state index contributed by atoms with van der Waals surface area (Å²) >= 11 is 1.47. The molecule has 0 unspecified atom stereocenters. The molecule has 0 aromatic carbocycles. The van der Waals surface area contributed by atoms with Crippen molar-refractivity contribution in [3.05, 3.63) is 44.8 Å². The Balaban J connectivity index is 1.79. The Morgan fingerprint density at radius 2 is 2.29 bits per heavy atom. The molecule has 1 aliphatic rings. The summed E-state index contributed by atoms with van der Waals surface area (Å²) in [4.78, 5) is 21.7. The second-order valence-electron chi connectivity index (χ2n) is 5.41. The van der Waals surface area contributed by atoms with Crippen LogP contribution < -0.4 is 5.56 Å². The number of hydrogen-bond donors (Lipinski definition) is 1. The number of hydrogen-bond acceptors (Lipinski definition) is 5. The molecule has 0 spiro atoms. The molecule has 0 saturated carbocycles. The maximum atomic E-state index is 12.1. The highest BCUT2D eigenvalue weighted by Gasteiger charge is 2.22. The van der Waals surface area contributed by atoms with Crippen molar-refractivity contribution in [3.8, 4) is 0 Å². The molecule has 0 bridgehead atoms. The average Bonchev–Trinajstić information content (AvgIpc) is 2.77. The summed E-state index contributed by atoms with van der Waals surface area (Å²) in [6, 6.07) is 2.07. The fourth-order valence-corrected chi connectivity index (χ4v) is 3.03. The lowest BCUT2D eigenvalue weighted by Crippen LogP contribution is -2.35. The van der Waals surface area contributed by atoms with Crippen LogP contribution in [0.15, 0.2) is 20.4 Å². The normalized spacial score (nSPS) is 15.2. The molecule has 0 amide bonds. The zero-order valence-corrected chi connectivity index (χ0v) is 13.3. The first-order valence-corrected chi connectivity index (χ1v) is 8.23. The minimum atomic E-state index is -0.0131. The van der Waals surface area contributed by atoms with Gasteiger partial charge in [-0.25, -0.2) is 4.98 Å². The average molecular weight is 305 g/mol. The third-order valence-electron chi connectivity index (χ3n) is 3.92. The highest BCUT2D eigenvalue weighted by atomic mass is 32.2. The van der Waals surface area contributed by atoms with Gasteiger partial charge in [0.1, 0.15) is 11.5 Å². The van der Waals surface area contributed by atoms with Gasteiger partial charge in [-0.3, -0.25) is 9.69 Å². The van der Waals surface area contributed by atoms with Gasteiger partial charge in [-0.2, -0.15) is 0 Å². The Hall–Kier alpha value is -1.53. The molecule has 3 rings (SSSR count). The zero-order chi connectivity index (χ0) is 15.0. The van der Waals surface area contributed by atoms with E-state index in [2.05, 4.69) is 20.9 Å². The third-order valence-corrected chi connectivity index (χ3v) is 4.50. The van der Waals surface area contributed by atoms with Gasteiger partial charge in [0.15, 0.2) is 5.16 Å². The van der Waals surface area contributed by atoms with E-state index in [1.807, 2.05) is 20.1 Å². The van der Waals surface area contributed by atoms with Gasteiger partial charge < -0.3 is 9.40 Å². The molecule has 112 valence electrons. The molecule has 3 heterocycles. The second kappa shape index (κ2) is 5.69. The molecular weight excluding hydrogens is 286 g/mol. The van der Waals surface area contributed by atoms with E-state index in [0.717, 1.165) is 42.3 Å². The summed E-state index contributed by atoms with van der Waals surface area (Å²) in [5.74, 6) is 1.92. The quantitative estimate of drug-likeness (QED) is 0.696. The predicted molar refractivity (Wildman–Crippen MR) is 82.6 cm³/mol. The molecule has 0 fully saturated rings. The van der Waals surface area contributed by atoms with E-state index in [0.29, 0.717) is 11.7 Å². The van der Waals surface area contributed by atoms with Crippen LogP contribution in [-0.4, -0.2) is 27.7 Å². The largest absolute Gasteiger partial charge is 0.465 e.